The van der Waals surface area contributed by atoms with E-state index < -0.39 is 6.17 Å². The lowest BCUT2D eigenvalue weighted by atomic mass is 10.0. The van der Waals surface area contributed by atoms with E-state index in [1.807, 2.05) is 6.07 Å². The van der Waals surface area contributed by atoms with E-state index in [1.54, 1.807) is 31.5 Å². The van der Waals surface area contributed by atoms with Crippen molar-refractivity contribution < 1.29 is 8.78 Å². The molecule has 4 heteroatoms. The number of rotatable bonds is 14. The second-order valence-electron chi connectivity index (χ2n) is 8.13. The molecule has 0 aliphatic heterocycles. The van der Waals surface area contributed by atoms with Crippen LogP contribution >= 0.6 is 0 Å². The summed E-state index contributed by atoms with van der Waals surface area (Å²) in [4.78, 5) is 8.72. The maximum absolute atomic E-state index is 14.6. The molecule has 29 heavy (non-hydrogen) atoms. The third-order valence-corrected chi connectivity index (χ3v) is 5.37. The molecule has 0 N–H and O–H groups in total. The minimum absolute atomic E-state index is 0.249. The Kier molecular flexibility index (Phi) is 10.8. The van der Waals surface area contributed by atoms with E-state index in [1.165, 1.54) is 32.1 Å². The van der Waals surface area contributed by atoms with Gasteiger partial charge in [0, 0.05) is 12.4 Å². The SMILES string of the molecule is CCCCCCCCc1ccc(-c2ncc(CCCCCC(C)F)cn2)c(F)c1. The Morgan fingerprint density at radius 1 is 0.828 bits per heavy atom. The fourth-order valence-electron chi connectivity index (χ4n) is 3.56. The van der Waals surface area contributed by atoms with Crippen molar-refractivity contribution in [3.05, 3.63) is 47.5 Å². The van der Waals surface area contributed by atoms with Crippen molar-refractivity contribution in [2.24, 2.45) is 0 Å². The second kappa shape index (κ2) is 13.4. The smallest absolute Gasteiger partial charge is 0.162 e. The Labute approximate surface area is 175 Å². The van der Waals surface area contributed by atoms with Gasteiger partial charge in [-0.2, -0.15) is 0 Å². The molecule has 0 aliphatic carbocycles. The molecule has 2 rings (SSSR count). The summed E-state index contributed by atoms with van der Waals surface area (Å²) in [5.74, 6) is 0.185. The maximum atomic E-state index is 14.6. The first-order valence-electron chi connectivity index (χ1n) is 11.3. The number of alkyl halides is 1. The minimum atomic E-state index is -0.718. The summed E-state index contributed by atoms with van der Waals surface area (Å²) in [5.41, 5.74) is 2.54. The third kappa shape index (κ3) is 9.01. The van der Waals surface area contributed by atoms with Crippen LogP contribution < -0.4 is 0 Å². The largest absolute Gasteiger partial charge is 0.248 e. The predicted octanol–water partition coefficient (Wildman–Crippen LogP) is 7.65. The molecule has 1 aromatic carbocycles. The molecule has 1 aromatic heterocycles. The third-order valence-electron chi connectivity index (χ3n) is 5.37. The van der Waals surface area contributed by atoms with Gasteiger partial charge in [0.15, 0.2) is 5.82 Å². The summed E-state index contributed by atoms with van der Waals surface area (Å²) in [7, 11) is 0. The van der Waals surface area contributed by atoms with Gasteiger partial charge in [-0.05, 0) is 62.3 Å². The average molecular weight is 403 g/mol. The van der Waals surface area contributed by atoms with Crippen LogP contribution in [-0.2, 0) is 12.8 Å². The highest BCUT2D eigenvalue weighted by Crippen LogP contribution is 2.22. The molecule has 0 radical (unpaired) electrons. The highest BCUT2D eigenvalue weighted by atomic mass is 19.1. The van der Waals surface area contributed by atoms with E-state index in [4.69, 9.17) is 0 Å². The molecule has 0 fully saturated rings. The number of nitrogens with zero attached hydrogens (tertiary/aromatic N) is 2. The molecular formula is C25H36F2N2. The van der Waals surface area contributed by atoms with Gasteiger partial charge in [-0.15, -0.1) is 0 Å². The standard InChI is InChI=1S/C25H36F2N2/c1-3-4-5-6-7-10-13-21-15-16-23(24(27)17-21)25-28-18-22(19-29-25)14-11-8-9-12-20(2)26/h15-20H,3-14H2,1-2H3. The van der Waals surface area contributed by atoms with Crippen LogP contribution in [0.2, 0.25) is 0 Å². The summed E-state index contributed by atoms with van der Waals surface area (Å²) in [5, 5.41) is 0. The van der Waals surface area contributed by atoms with Crippen molar-refractivity contribution in [3.63, 3.8) is 0 Å². The summed E-state index contributed by atoms with van der Waals surface area (Å²) in [6.45, 7) is 3.83. The van der Waals surface area contributed by atoms with Crippen molar-refractivity contribution >= 4 is 0 Å². The van der Waals surface area contributed by atoms with Crippen LogP contribution in [0.25, 0.3) is 11.4 Å². The second-order valence-corrected chi connectivity index (χ2v) is 8.13. The van der Waals surface area contributed by atoms with Gasteiger partial charge >= 0.3 is 0 Å². The first-order valence-corrected chi connectivity index (χ1v) is 11.3. The topological polar surface area (TPSA) is 25.8 Å². The fraction of sp³-hybridized carbons (Fsp3) is 0.600. The molecule has 1 unspecified atom stereocenters. The van der Waals surface area contributed by atoms with E-state index >= 15 is 0 Å². The number of hydrogen-bond donors (Lipinski definition) is 0. The van der Waals surface area contributed by atoms with Crippen molar-refractivity contribution in [2.45, 2.75) is 97.1 Å². The maximum Gasteiger partial charge on any atom is 0.162 e. The van der Waals surface area contributed by atoms with Crippen LogP contribution in [0.1, 0.15) is 89.2 Å². The highest BCUT2D eigenvalue weighted by molar-refractivity contribution is 5.56. The average Bonchev–Trinajstić information content (AvgIpc) is 2.71. The van der Waals surface area contributed by atoms with Crippen molar-refractivity contribution in [1.82, 2.24) is 9.97 Å². The lowest BCUT2D eigenvalue weighted by Crippen LogP contribution is -1.97. The van der Waals surface area contributed by atoms with Gasteiger partial charge in [0.2, 0.25) is 0 Å². The first kappa shape index (κ1) is 23.4. The Morgan fingerprint density at radius 3 is 2.10 bits per heavy atom. The molecule has 0 bridgehead atoms. The normalized spacial score (nSPS) is 12.3. The van der Waals surface area contributed by atoms with Crippen LogP contribution in [0.5, 0.6) is 0 Å². The van der Waals surface area contributed by atoms with Crippen LogP contribution in [0, 0.1) is 5.82 Å². The Balaban J connectivity index is 1.80. The fourth-order valence-corrected chi connectivity index (χ4v) is 3.56. The van der Waals surface area contributed by atoms with Crippen LogP contribution in [0.4, 0.5) is 8.78 Å². The van der Waals surface area contributed by atoms with Gasteiger partial charge in [0.05, 0.1) is 11.7 Å². The van der Waals surface area contributed by atoms with Crippen LogP contribution in [0.3, 0.4) is 0 Å². The van der Waals surface area contributed by atoms with Gasteiger partial charge in [-0.25, -0.2) is 18.7 Å². The lowest BCUT2D eigenvalue weighted by molar-refractivity contribution is 0.330. The zero-order valence-electron chi connectivity index (χ0n) is 18.1. The summed E-state index contributed by atoms with van der Waals surface area (Å²) in [6, 6.07) is 5.42. The number of aryl methyl sites for hydroxylation is 2. The van der Waals surface area contributed by atoms with Gasteiger partial charge < -0.3 is 0 Å². The summed E-state index contributed by atoms with van der Waals surface area (Å²) >= 11 is 0. The molecule has 0 spiro atoms. The molecule has 2 aromatic rings. The first-order chi connectivity index (χ1) is 14.1. The zero-order valence-corrected chi connectivity index (χ0v) is 18.1. The Morgan fingerprint density at radius 2 is 1.45 bits per heavy atom. The monoisotopic (exact) mass is 402 g/mol. The molecule has 1 heterocycles. The van der Waals surface area contributed by atoms with Crippen LogP contribution in [-0.4, -0.2) is 16.1 Å². The van der Waals surface area contributed by atoms with Gasteiger partial charge in [0.1, 0.15) is 5.82 Å². The van der Waals surface area contributed by atoms with Crippen molar-refractivity contribution in [2.75, 3.05) is 0 Å². The van der Waals surface area contributed by atoms with E-state index in [9.17, 15) is 8.78 Å². The van der Waals surface area contributed by atoms with Gasteiger partial charge in [-0.3, -0.25) is 0 Å². The quantitative estimate of drug-likeness (QED) is 0.303. The summed E-state index contributed by atoms with van der Waals surface area (Å²) < 4.78 is 27.3. The number of halogens is 2. The van der Waals surface area contributed by atoms with Crippen molar-refractivity contribution in [3.8, 4) is 11.4 Å². The number of unbranched alkanes of at least 4 members (excludes halogenated alkanes) is 7. The van der Waals surface area contributed by atoms with E-state index in [0.29, 0.717) is 17.8 Å². The predicted molar refractivity (Wildman–Crippen MR) is 117 cm³/mol. The van der Waals surface area contributed by atoms with Gasteiger partial charge in [-0.1, -0.05) is 57.9 Å². The number of hydrogen-bond acceptors (Lipinski definition) is 2. The molecule has 0 aliphatic rings. The molecule has 1 atom stereocenters. The molecule has 0 amide bonds. The molecule has 0 saturated carbocycles. The Bertz CT molecular complexity index is 698. The molecule has 160 valence electrons. The molecular weight excluding hydrogens is 366 g/mol. The number of benzene rings is 1. The summed E-state index contributed by atoms with van der Waals surface area (Å²) in [6.07, 6.45) is 15.6. The van der Waals surface area contributed by atoms with E-state index in [2.05, 4.69) is 16.9 Å². The Hall–Kier alpha value is -1.84. The van der Waals surface area contributed by atoms with E-state index in [-0.39, 0.29) is 5.82 Å². The van der Waals surface area contributed by atoms with Crippen molar-refractivity contribution in [1.29, 1.82) is 0 Å². The van der Waals surface area contributed by atoms with E-state index in [0.717, 1.165) is 49.7 Å². The molecule has 0 saturated heterocycles. The van der Waals surface area contributed by atoms with Gasteiger partial charge in [0.25, 0.3) is 0 Å². The minimum Gasteiger partial charge on any atom is -0.248 e. The van der Waals surface area contributed by atoms with Crippen LogP contribution in [0.15, 0.2) is 30.6 Å². The molecule has 2 nitrogen and oxygen atoms in total. The number of aromatic nitrogens is 2. The zero-order chi connectivity index (χ0) is 20.9. The lowest BCUT2D eigenvalue weighted by Gasteiger charge is -2.07. The highest BCUT2D eigenvalue weighted by Gasteiger charge is 2.09.